The Morgan fingerprint density at radius 2 is 0.489 bits per heavy atom. The predicted molar refractivity (Wildman–Crippen MR) is 194 cm³/mol. The van der Waals surface area contributed by atoms with Crippen LogP contribution >= 0.6 is 0 Å². The summed E-state index contributed by atoms with van der Waals surface area (Å²) in [5.41, 5.74) is 18.3. The molecule has 0 fully saturated rings. The minimum absolute atomic E-state index is 1.25. The van der Waals surface area contributed by atoms with Crippen LogP contribution in [0.15, 0.2) is 193 Å². The Morgan fingerprint density at radius 1 is 0.244 bits per heavy atom. The van der Waals surface area contributed by atoms with E-state index in [1.54, 1.807) is 0 Å². The first-order chi connectivity index (χ1) is 22.3. The summed E-state index contributed by atoms with van der Waals surface area (Å²) in [5, 5.41) is 2.90. The van der Waals surface area contributed by atoms with Gasteiger partial charge in [0.1, 0.15) is 0 Å². The molecule has 0 saturated heterocycles. The van der Waals surface area contributed by atoms with Crippen molar-refractivity contribution < 1.29 is 0 Å². The number of benzene rings is 6. The van der Waals surface area contributed by atoms with Crippen molar-refractivity contribution in [1.82, 2.24) is 0 Å². The lowest BCUT2D eigenvalue weighted by atomic mass is 9.89. The molecule has 212 valence electrons. The molecule has 2 heterocycles. The first-order valence-electron chi connectivity index (χ1n) is 15.6. The molecule has 0 bridgehead atoms. The van der Waals surface area contributed by atoms with Gasteiger partial charge in [-0.2, -0.15) is 0 Å². The van der Waals surface area contributed by atoms with E-state index in [2.05, 4.69) is 193 Å². The zero-order chi connectivity index (χ0) is 30.1. The molecule has 0 radical (unpaired) electrons. The van der Waals surface area contributed by atoms with Crippen molar-refractivity contribution in [3.63, 3.8) is 0 Å². The number of hydrogen-bond acceptors (Lipinski definition) is 0. The van der Waals surface area contributed by atoms with Crippen molar-refractivity contribution in [2.45, 2.75) is 0 Å². The minimum atomic E-state index is -2.76. The van der Waals surface area contributed by atoms with Crippen LogP contribution in [0.3, 0.4) is 0 Å². The summed E-state index contributed by atoms with van der Waals surface area (Å²) >= 11 is 0. The molecule has 1 spiro atoms. The molecule has 0 unspecified atom stereocenters. The molecule has 0 N–H and O–H groups in total. The lowest BCUT2D eigenvalue weighted by Gasteiger charge is -2.27. The van der Waals surface area contributed by atoms with Crippen molar-refractivity contribution in [3.05, 3.63) is 227 Å². The van der Waals surface area contributed by atoms with E-state index in [9.17, 15) is 0 Å². The average Bonchev–Trinajstić information content (AvgIpc) is 3.66. The van der Waals surface area contributed by atoms with Gasteiger partial charge in [-0.15, -0.1) is 0 Å². The molecular formula is C44H32Si. The number of rotatable bonds is 6. The Morgan fingerprint density at radius 3 is 0.778 bits per heavy atom. The second kappa shape index (κ2) is 11.5. The molecule has 0 aromatic heterocycles. The smallest absolute Gasteiger partial charge is 0.0737 e. The fourth-order valence-electron chi connectivity index (χ4n) is 7.21. The van der Waals surface area contributed by atoms with Crippen molar-refractivity contribution in [2.24, 2.45) is 0 Å². The van der Waals surface area contributed by atoms with Gasteiger partial charge >= 0.3 is 0 Å². The average molecular weight is 589 g/mol. The molecule has 0 saturated carbocycles. The van der Waals surface area contributed by atoms with Gasteiger partial charge in [-0.05, 0) is 66.1 Å². The highest BCUT2D eigenvalue weighted by atomic mass is 28.3. The highest BCUT2D eigenvalue weighted by Crippen LogP contribution is 2.60. The Bertz CT molecular complexity index is 1930. The summed E-state index contributed by atoms with van der Waals surface area (Å²) in [5.74, 6) is 0. The van der Waals surface area contributed by atoms with Crippen LogP contribution < -0.4 is 0 Å². The van der Waals surface area contributed by atoms with Crippen LogP contribution in [-0.4, -0.2) is 8.07 Å². The molecule has 0 atom stereocenters. The summed E-state index contributed by atoms with van der Waals surface area (Å²) < 4.78 is 0. The predicted octanol–water partition coefficient (Wildman–Crippen LogP) is 11.0. The van der Waals surface area contributed by atoms with Gasteiger partial charge in [0.25, 0.3) is 0 Å². The molecular weight excluding hydrogens is 557 g/mol. The van der Waals surface area contributed by atoms with Gasteiger partial charge in [0.15, 0.2) is 8.07 Å². The largest absolute Gasteiger partial charge is 0.169 e. The van der Waals surface area contributed by atoms with E-state index in [1.165, 1.54) is 66.1 Å². The summed E-state index contributed by atoms with van der Waals surface area (Å²) in [6.07, 6.45) is 0. The minimum Gasteiger partial charge on any atom is -0.0737 e. The zero-order valence-electron chi connectivity index (χ0n) is 25.0. The second-order valence-electron chi connectivity index (χ2n) is 11.7. The lowest BCUT2D eigenvalue weighted by molar-refractivity contribution is 1.58. The molecule has 2 aliphatic rings. The van der Waals surface area contributed by atoms with Gasteiger partial charge in [-0.1, -0.05) is 193 Å². The molecule has 2 aliphatic heterocycles. The van der Waals surface area contributed by atoms with Crippen molar-refractivity contribution >= 4 is 40.8 Å². The molecule has 8 rings (SSSR count). The Balaban J connectivity index is 1.58. The van der Waals surface area contributed by atoms with Crippen LogP contribution in [0.1, 0.15) is 33.4 Å². The topological polar surface area (TPSA) is 0 Å². The maximum atomic E-state index is 2.69. The number of hydrogen-bond donors (Lipinski definition) is 0. The number of allylic oxidation sites excluding steroid dienone is 4. The highest BCUT2D eigenvalue weighted by molar-refractivity contribution is 7.22. The standard InChI is InChI=1S/C44H32Si/c1-7-19-33(20-8-1)39-31-45(32-40(39)34-21-9-2-10-22-34)43(37-27-15-5-16-28-37)41(35-23-11-3-12-24-35)42(36-25-13-4-14-26-36)44(45)38-29-17-6-18-30-38/h1-32H. The third kappa shape index (κ3) is 4.70. The Hall–Kier alpha value is -5.50. The Labute approximate surface area is 266 Å². The molecule has 0 nitrogen and oxygen atoms in total. The summed E-state index contributed by atoms with van der Waals surface area (Å²) in [4.78, 5) is 0. The van der Waals surface area contributed by atoms with Gasteiger partial charge in [0, 0.05) is 0 Å². The fraction of sp³-hybridized carbons (Fsp3) is 0. The fourth-order valence-corrected chi connectivity index (χ4v) is 12.3. The normalized spacial score (nSPS) is 15.4. The second-order valence-corrected chi connectivity index (χ2v) is 15.0. The molecule has 6 aromatic carbocycles. The quantitative estimate of drug-likeness (QED) is 0.170. The SMILES string of the molecule is C1=C(c2ccccc2)C(c2ccccc2)=C[Si]12C(c1ccccc1)=C(c1ccccc1)C(c1ccccc1)=C2c1ccccc1. The van der Waals surface area contributed by atoms with E-state index in [0.717, 1.165) is 0 Å². The van der Waals surface area contributed by atoms with Crippen molar-refractivity contribution in [3.8, 4) is 0 Å². The monoisotopic (exact) mass is 588 g/mol. The van der Waals surface area contributed by atoms with E-state index < -0.39 is 8.07 Å². The Kier molecular flexibility index (Phi) is 6.94. The first kappa shape index (κ1) is 27.1. The van der Waals surface area contributed by atoms with Gasteiger partial charge in [0.05, 0.1) is 0 Å². The van der Waals surface area contributed by atoms with E-state index in [0.29, 0.717) is 0 Å². The molecule has 45 heavy (non-hydrogen) atoms. The third-order valence-electron chi connectivity index (χ3n) is 9.03. The van der Waals surface area contributed by atoms with Crippen molar-refractivity contribution in [2.75, 3.05) is 0 Å². The van der Waals surface area contributed by atoms with Crippen LogP contribution in [0.25, 0.3) is 32.7 Å². The van der Waals surface area contributed by atoms with Crippen LogP contribution in [0.5, 0.6) is 0 Å². The molecule has 6 aromatic rings. The van der Waals surface area contributed by atoms with E-state index >= 15 is 0 Å². The molecule has 0 amide bonds. The summed E-state index contributed by atoms with van der Waals surface area (Å²) in [7, 11) is -2.76. The van der Waals surface area contributed by atoms with Crippen molar-refractivity contribution in [1.29, 1.82) is 0 Å². The maximum Gasteiger partial charge on any atom is 0.169 e. The van der Waals surface area contributed by atoms with E-state index in [1.807, 2.05) is 0 Å². The summed E-state index contributed by atoms with van der Waals surface area (Å²) in [6.45, 7) is 0. The maximum absolute atomic E-state index is 2.76. The zero-order valence-corrected chi connectivity index (χ0v) is 26.0. The summed E-state index contributed by atoms with van der Waals surface area (Å²) in [6, 6.07) is 66.3. The van der Waals surface area contributed by atoms with Gasteiger partial charge in [0.2, 0.25) is 0 Å². The lowest BCUT2D eigenvalue weighted by Crippen LogP contribution is -2.32. The van der Waals surface area contributed by atoms with E-state index in [4.69, 9.17) is 0 Å². The van der Waals surface area contributed by atoms with Crippen LogP contribution in [0.4, 0.5) is 0 Å². The van der Waals surface area contributed by atoms with Crippen LogP contribution in [0.2, 0.25) is 0 Å². The third-order valence-corrected chi connectivity index (χ3v) is 13.3. The molecule has 1 heteroatoms. The van der Waals surface area contributed by atoms with Gasteiger partial charge in [-0.3, -0.25) is 0 Å². The van der Waals surface area contributed by atoms with Crippen LogP contribution in [-0.2, 0) is 0 Å². The first-order valence-corrected chi connectivity index (χ1v) is 17.8. The van der Waals surface area contributed by atoms with Crippen LogP contribution in [0, 0.1) is 0 Å². The molecule has 0 aliphatic carbocycles. The van der Waals surface area contributed by atoms with E-state index in [-0.39, 0.29) is 0 Å². The highest BCUT2D eigenvalue weighted by Gasteiger charge is 2.51. The van der Waals surface area contributed by atoms with Gasteiger partial charge in [-0.25, -0.2) is 0 Å². The van der Waals surface area contributed by atoms with Gasteiger partial charge < -0.3 is 0 Å².